The quantitative estimate of drug-likeness (QED) is 0.624. The molecule has 3 rings (SSSR count). The van der Waals surface area contributed by atoms with Crippen molar-refractivity contribution in [3.63, 3.8) is 0 Å². The molecule has 2 aromatic rings. The topological polar surface area (TPSA) is 70.1 Å². The number of rotatable bonds is 6. The molecule has 0 radical (unpaired) electrons. The summed E-state index contributed by atoms with van der Waals surface area (Å²) in [7, 11) is 0. The first-order valence-corrected chi connectivity index (χ1v) is 11.0. The number of hydrogen-bond acceptors (Lipinski definition) is 5. The second kappa shape index (κ2) is 13.7. The smallest absolute Gasteiger partial charge is 0.416 e. The first kappa shape index (κ1) is 27.4. The largest absolute Gasteiger partial charge is 0.482 e. The molecule has 32 heavy (non-hydrogen) atoms. The van der Waals surface area contributed by atoms with E-state index in [2.05, 4.69) is 24.4 Å². The van der Waals surface area contributed by atoms with E-state index in [1.54, 1.807) is 16.2 Å². The van der Waals surface area contributed by atoms with E-state index in [-0.39, 0.29) is 17.9 Å². The summed E-state index contributed by atoms with van der Waals surface area (Å²) in [4.78, 5) is 26.2. The first-order chi connectivity index (χ1) is 15.2. The van der Waals surface area contributed by atoms with E-state index in [1.165, 1.54) is 4.88 Å². The number of carboxylic acids is 1. The fourth-order valence-corrected chi connectivity index (χ4v) is 3.32. The summed E-state index contributed by atoms with van der Waals surface area (Å²) in [6.07, 6.45) is -3.75. The molecule has 0 atom stereocenters. The summed E-state index contributed by atoms with van der Waals surface area (Å²) in [5.74, 6) is -1.09. The number of halogens is 3. The average Bonchev–Trinajstić information content (AvgIpc) is 3.25. The van der Waals surface area contributed by atoms with E-state index in [0.717, 1.165) is 24.6 Å². The predicted octanol–water partition coefficient (Wildman–Crippen LogP) is 4.53. The Morgan fingerprint density at radius 2 is 1.84 bits per heavy atom. The van der Waals surface area contributed by atoms with E-state index >= 15 is 0 Å². The van der Waals surface area contributed by atoms with Gasteiger partial charge in [0, 0.05) is 43.2 Å². The number of hydrogen-bond donors (Lipinski definition) is 1. The summed E-state index contributed by atoms with van der Waals surface area (Å²) < 4.78 is 43.8. The number of ether oxygens (including phenoxy) is 1. The van der Waals surface area contributed by atoms with Crippen LogP contribution >= 0.6 is 11.3 Å². The first-order valence-electron chi connectivity index (χ1n) is 10.2. The zero-order valence-corrected chi connectivity index (χ0v) is 19.2. The third kappa shape index (κ3) is 9.69. The maximum atomic E-state index is 12.9. The van der Waals surface area contributed by atoms with Crippen molar-refractivity contribution in [3.05, 3.63) is 51.7 Å². The van der Waals surface area contributed by atoms with Gasteiger partial charge in [-0.15, -0.1) is 11.3 Å². The fraction of sp³-hybridized carbons (Fsp3) is 0.455. The van der Waals surface area contributed by atoms with E-state index in [9.17, 15) is 22.8 Å². The SMILES string of the molecule is CC.Cc1cccs1.O=CN1CCN(Cc2cc(C(F)(F)F)ccc2OCC(=O)O)CC1. The second-order valence-corrected chi connectivity index (χ2v) is 7.80. The van der Waals surface area contributed by atoms with E-state index in [0.29, 0.717) is 26.2 Å². The highest BCUT2D eigenvalue weighted by Crippen LogP contribution is 2.33. The Morgan fingerprint density at radius 1 is 1.19 bits per heavy atom. The molecule has 1 amide bonds. The van der Waals surface area contributed by atoms with Gasteiger partial charge in [-0.05, 0) is 36.6 Å². The zero-order valence-electron chi connectivity index (χ0n) is 18.4. The minimum absolute atomic E-state index is 0.114. The van der Waals surface area contributed by atoms with Crippen LogP contribution in [0.4, 0.5) is 13.2 Å². The Hall–Kier alpha value is -2.59. The third-order valence-electron chi connectivity index (χ3n) is 4.35. The van der Waals surface area contributed by atoms with Crippen molar-refractivity contribution in [2.45, 2.75) is 33.5 Å². The lowest BCUT2D eigenvalue weighted by Crippen LogP contribution is -2.45. The van der Waals surface area contributed by atoms with Crippen LogP contribution in [0.5, 0.6) is 5.75 Å². The Morgan fingerprint density at radius 3 is 2.28 bits per heavy atom. The second-order valence-electron chi connectivity index (χ2n) is 6.64. The van der Waals surface area contributed by atoms with Gasteiger partial charge in [-0.2, -0.15) is 13.2 Å². The number of amides is 1. The van der Waals surface area contributed by atoms with Gasteiger partial charge in [0.2, 0.25) is 6.41 Å². The number of aliphatic carboxylic acids is 1. The zero-order chi connectivity index (χ0) is 24.1. The molecule has 1 aromatic heterocycles. The van der Waals surface area contributed by atoms with Gasteiger partial charge in [-0.25, -0.2) is 4.79 Å². The molecule has 6 nitrogen and oxygen atoms in total. The number of carbonyl (C=O) groups is 2. The van der Waals surface area contributed by atoms with Crippen molar-refractivity contribution in [2.24, 2.45) is 0 Å². The molecule has 1 aliphatic heterocycles. The maximum absolute atomic E-state index is 12.9. The molecule has 1 aromatic carbocycles. The van der Waals surface area contributed by atoms with Gasteiger partial charge < -0.3 is 14.7 Å². The van der Waals surface area contributed by atoms with Gasteiger partial charge in [0.15, 0.2) is 6.61 Å². The normalized spacial score (nSPS) is 13.9. The van der Waals surface area contributed by atoms with Crippen LogP contribution in [0.15, 0.2) is 35.7 Å². The summed E-state index contributed by atoms with van der Waals surface area (Å²) in [6.45, 7) is 7.69. The minimum atomic E-state index is -4.49. The lowest BCUT2D eigenvalue weighted by Gasteiger charge is -2.32. The Bertz CT molecular complexity index is 821. The van der Waals surface area contributed by atoms with Crippen molar-refractivity contribution in [1.29, 1.82) is 0 Å². The maximum Gasteiger partial charge on any atom is 0.416 e. The number of nitrogens with zero attached hydrogens (tertiary/aromatic N) is 2. The Kier molecular flexibility index (Phi) is 11.8. The van der Waals surface area contributed by atoms with Crippen LogP contribution in [0.1, 0.15) is 29.9 Å². The number of alkyl halides is 3. The van der Waals surface area contributed by atoms with Gasteiger partial charge in [0.1, 0.15) is 5.75 Å². The number of thiophene rings is 1. The van der Waals surface area contributed by atoms with Gasteiger partial charge in [-0.1, -0.05) is 19.9 Å². The number of piperazine rings is 1. The molecule has 1 N–H and O–H groups in total. The van der Waals surface area contributed by atoms with Gasteiger partial charge >= 0.3 is 12.1 Å². The summed E-state index contributed by atoms with van der Waals surface area (Å²) in [5.41, 5.74) is -0.544. The fourth-order valence-electron chi connectivity index (χ4n) is 2.79. The molecule has 10 heteroatoms. The van der Waals surface area contributed by atoms with Crippen LogP contribution in [-0.4, -0.2) is 60.1 Å². The lowest BCUT2D eigenvalue weighted by atomic mass is 10.1. The molecule has 1 fully saturated rings. The van der Waals surface area contributed by atoms with Crippen molar-refractivity contribution in [3.8, 4) is 5.75 Å². The summed E-state index contributed by atoms with van der Waals surface area (Å²) in [6, 6.07) is 7.14. The standard InChI is InChI=1S/C15H17F3N2O4.C5H6S.C2H6/c16-15(17,18)12-1-2-13(24-9-14(22)23)11(7-12)8-19-3-5-20(10-21)6-4-19;1-5-3-2-4-6-5;1-2/h1-2,7,10H,3-6,8-9H2,(H,22,23);2-4H,1H3;1-2H3. The van der Waals surface area contributed by atoms with Gasteiger partial charge in [0.05, 0.1) is 5.56 Å². The summed E-state index contributed by atoms with van der Waals surface area (Å²) in [5, 5.41) is 10.8. The molecule has 0 bridgehead atoms. The van der Waals surface area contributed by atoms with Crippen LogP contribution < -0.4 is 4.74 Å². The van der Waals surface area contributed by atoms with Crippen molar-refractivity contribution in [1.82, 2.24) is 9.80 Å². The average molecular weight is 475 g/mol. The van der Waals surface area contributed by atoms with Crippen molar-refractivity contribution >= 4 is 23.7 Å². The van der Waals surface area contributed by atoms with Gasteiger partial charge in [-0.3, -0.25) is 9.69 Å². The van der Waals surface area contributed by atoms with Crippen LogP contribution in [0, 0.1) is 6.92 Å². The predicted molar refractivity (Wildman–Crippen MR) is 118 cm³/mol. The molecule has 0 unspecified atom stereocenters. The van der Waals surface area contributed by atoms with E-state index in [1.807, 2.05) is 18.7 Å². The summed E-state index contributed by atoms with van der Waals surface area (Å²) >= 11 is 1.78. The highest BCUT2D eigenvalue weighted by Gasteiger charge is 2.31. The minimum Gasteiger partial charge on any atom is -0.482 e. The molecule has 1 aliphatic rings. The van der Waals surface area contributed by atoms with Crippen molar-refractivity contribution < 1.29 is 32.6 Å². The molecule has 2 heterocycles. The van der Waals surface area contributed by atoms with Crippen LogP contribution in [0.2, 0.25) is 0 Å². The van der Waals surface area contributed by atoms with Crippen LogP contribution in [-0.2, 0) is 22.3 Å². The van der Waals surface area contributed by atoms with Crippen molar-refractivity contribution in [2.75, 3.05) is 32.8 Å². The molecule has 178 valence electrons. The molecule has 0 spiro atoms. The molecular formula is C22H29F3N2O4S. The number of carbonyl (C=O) groups excluding carboxylic acids is 1. The Labute approximate surface area is 190 Å². The third-order valence-corrected chi connectivity index (χ3v) is 5.15. The van der Waals surface area contributed by atoms with Crippen LogP contribution in [0.25, 0.3) is 0 Å². The highest BCUT2D eigenvalue weighted by molar-refractivity contribution is 7.09. The van der Waals surface area contributed by atoms with E-state index < -0.39 is 24.3 Å². The Balaban J connectivity index is 0.000000542. The lowest BCUT2D eigenvalue weighted by molar-refractivity contribution is -0.140. The number of carboxylic acid groups (broad SMARTS) is 1. The van der Waals surface area contributed by atoms with Gasteiger partial charge in [0.25, 0.3) is 0 Å². The molecule has 0 saturated carbocycles. The molecule has 1 saturated heterocycles. The highest BCUT2D eigenvalue weighted by atomic mass is 32.1. The molecular weight excluding hydrogens is 445 g/mol. The van der Waals surface area contributed by atoms with E-state index in [4.69, 9.17) is 9.84 Å². The number of aryl methyl sites for hydroxylation is 1. The molecule has 0 aliphatic carbocycles. The monoisotopic (exact) mass is 474 g/mol. The van der Waals surface area contributed by atoms with Crippen LogP contribution in [0.3, 0.4) is 0 Å². The number of benzene rings is 1.